The van der Waals surface area contributed by atoms with Gasteiger partial charge in [0.25, 0.3) is 5.91 Å². The highest BCUT2D eigenvalue weighted by molar-refractivity contribution is 5.97. The Balaban J connectivity index is 3.29. The van der Waals surface area contributed by atoms with Crippen LogP contribution in [-0.4, -0.2) is 34.2 Å². The molecular formula is C11H8F5NO4. The van der Waals surface area contributed by atoms with Crippen molar-refractivity contribution in [1.82, 2.24) is 5.32 Å². The molecule has 0 heterocycles. The number of carbonyl (C=O) groups excluding carboxylic acids is 1. The quantitative estimate of drug-likeness (QED) is 0.439. The van der Waals surface area contributed by atoms with Gasteiger partial charge in [-0.05, 0) is 6.92 Å². The molecule has 10 heteroatoms. The molecule has 1 rings (SSSR count). The van der Waals surface area contributed by atoms with E-state index in [0.717, 1.165) is 6.92 Å². The lowest BCUT2D eigenvalue weighted by atomic mass is 10.1. The van der Waals surface area contributed by atoms with Crippen LogP contribution >= 0.6 is 0 Å². The first-order valence-electron chi connectivity index (χ1n) is 5.32. The lowest BCUT2D eigenvalue weighted by Gasteiger charge is -2.17. The van der Waals surface area contributed by atoms with Crippen molar-refractivity contribution in [2.75, 3.05) is 0 Å². The van der Waals surface area contributed by atoms with Crippen LogP contribution in [0.1, 0.15) is 17.3 Å². The zero-order valence-corrected chi connectivity index (χ0v) is 10.3. The van der Waals surface area contributed by atoms with Crippen LogP contribution in [0.4, 0.5) is 22.0 Å². The maximum atomic E-state index is 13.3. The number of aliphatic carboxylic acids is 1. The Bertz CT molecular complexity index is 576. The summed E-state index contributed by atoms with van der Waals surface area (Å²) < 4.78 is 65.2. The van der Waals surface area contributed by atoms with Gasteiger partial charge < -0.3 is 15.5 Å². The van der Waals surface area contributed by atoms with Gasteiger partial charge in [-0.25, -0.2) is 26.7 Å². The number of carbonyl (C=O) groups is 2. The highest BCUT2D eigenvalue weighted by Gasteiger charge is 2.33. The van der Waals surface area contributed by atoms with Crippen molar-refractivity contribution in [3.8, 4) is 0 Å². The molecule has 21 heavy (non-hydrogen) atoms. The van der Waals surface area contributed by atoms with Crippen LogP contribution < -0.4 is 5.32 Å². The Morgan fingerprint density at radius 1 is 0.952 bits per heavy atom. The third-order valence-corrected chi connectivity index (χ3v) is 2.47. The third kappa shape index (κ3) is 3.10. The first-order valence-corrected chi connectivity index (χ1v) is 5.32. The van der Waals surface area contributed by atoms with Crippen molar-refractivity contribution < 1.29 is 41.8 Å². The lowest BCUT2D eigenvalue weighted by Crippen LogP contribution is -2.48. The van der Waals surface area contributed by atoms with E-state index in [0.29, 0.717) is 0 Å². The fraction of sp³-hybridized carbons (Fsp3) is 0.273. The van der Waals surface area contributed by atoms with Crippen molar-refractivity contribution in [1.29, 1.82) is 0 Å². The summed E-state index contributed by atoms with van der Waals surface area (Å²) >= 11 is 0. The van der Waals surface area contributed by atoms with Crippen molar-refractivity contribution in [2.45, 2.75) is 19.1 Å². The number of carboxylic acid groups (broad SMARTS) is 1. The van der Waals surface area contributed by atoms with Crippen molar-refractivity contribution in [3.63, 3.8) is 0 Å². The molecule has 3 N–H and O–H groups in total. The number of rotatable bonds is 4. The summed E-state index contributed by atoms with van der Waals surface area (Å²) in [7, 11) is 0. The molecular weight excluding hydrogens is 305 g/mol. The largest absolute Gasteiger partial charge is 0.480 e. The summed E-state index contributed by atoms with van der Waals surface area (Å²) in [5.41, 5.74) is -1.83. The predicted octanol–water partition coefficient (Wildman–Crippen LogP) is 0.946. The van der Waals surface area contributed by atoms with Crippen molar-refractivity contribution >= 4 is 11.9 Å². The lowest BCUT2D eigenvalue weighted by molar-refractivity contribution is -0.141. The third-order valence-electron chi connectivity index (χ3n) is 2.47. The summed E-state index contributed by atoms with van der Waals surface area (Å²) in [6, 6.07) is -1.99. The Morgan fingerprint density at radius 2 is 1.33 bits per heavy atom. The first-order chi connectivity index (χ1) is 9.59. The van der Waals surface area contributed by atoms with E-state index < -0.39 is 58.7 Å². The second kappa shape index (κ2) is 6.04. The molecule has 1 aromatic rings. The molecule has 0 saturated carbocycles. The minimum absolute atomic E-state index is 0.942. The van der Waals surface area contributed by atoms with E-state index in [1.54, 1.807) is 0 Å². The molecule has 0 radical (unpaired) electrons. The fourth-order valence-electron chi connectivity index (χ4n) is 1.41. The Labute approximate surface area is 114 Å². The van der Waals surface area contributed by atoms with Crippen LogP contribution in [0.15, 0.2) is 0 Å². The van der Waals surface area contributed by atoms with Crippen LogP contribution in [0.2, 0.25) is 0 Å². The second-order valence-corrected chi connectivity index (χ2v) is 3.97. The molecule has 0 spiro atoms. The molecule has 1 aromatic carbocycles. The molecule has 0 bridgehead atoms. The van der Waals surface area contributed by atoms with Crippen molar-refractivity contribution in [3.05, 3.63) is 34.6 Å². The molecule has 0 saturated heterocycles. The number of nitrogens with one attached hydrogen (secondary N) is 1. The first kappa shape index (κ1) is 16.8. The molecule has 2 unspecified atom stereocenters. The van der Waals surface area contributed by atoms with Gasteiger partial charge in [-0.1, -0.05) is 0 Å². The Morgan fingerprint density at radius 3 is 1.67 bits per heavy atom. The van der Waals surface area contributed by atoms with Crippen LogP contribution in [0.5, 0.6) is 0 Å². The van der Waals surface area contributed by atoms with E-state index in [2.05, 4.69) is 0 Å². The van der Waals surface area contributed by atoms with E-state index in [-0.39, 0.29) is 0 Å². The van der Waals surface area contributed by atoms with Crippen LogP contribution in [0.3, 0.4) is 0 Å². The van der Waals surface area contributed by atoms with Gasteiger partial charge in [0.15, 0.2) is 29.3 Å². The highest BCUT2D eigenvalue weighted by atomic mass is 19.2. The fourth-order valence-corrected chi connectivity index (χ4v) is 1.41. The number of benzene rings is 1. The smallest absolute Gasteiger partial charge is 0.328 e. The van der Waals surface area contributed by atoms with E-state index in [1.165, 1.54) is 5.32 Å². The molecule has 0 aliphatic heterocycles. The zero-order valence-electron chi connectivity index (χ0n) is 10.3. The van der Waals surface area contributed by atoms with Crippen LogP contribution in [0, 0.1) is 29.1 Å². The number of amides is 1. The summed E-state index contributed by atoms with van der Waals surface area (Å²) in [5.74, 6) is -15.6. The number of hydrogen-bond donors (Lipinski definition) is 3. The maximum absolute atomic E-state index is 13.3. The summed E-state index contributed by atoms with van der Waals surface area (Å²) in [6.45, 7) is 0.942. The van der Waals surface area contributed by atoms with E-state index in [4.69, 9.17) is 10.2 Å². The molecule has 0 aliphatic carbocycles. The SMILES string of the molecule is CC(O)C(NC(=O)c1c(F)c(F)c(F)c(F)c1F)C(=O)O. The number of hydrogen-bond acceptors (Lipinski definition) is 3. The summed E-state index contributed by atoms with van der Waals surface area (Å²) in [6.07, 6.45) is -1.67. The Kier molecular flexibility index (Phi) is 4.84. The number of carboxylic acids is 1. The summed E-state index contributed by atoms with van der Waals surface area (Å²) in [5, 5.41) is 19.2. The molecule has 1 amide bonds. The van der Waals surface area contributed by atoms with Crippen LogP contribution in [0.25, 0.3) is 0 Å². The van der Waals surface area contributed by atoms with Crippen molar-refractivity contribution in [2.24, 2.45) is 0 Å². The standard InChI is InChI=1S/C11H8F5NO4/c1-2(18)9(11(20)21)17-10(19)3-4(12)6(14)8(16)7(15)5(3)13/h2,9,18H,1H3,(H,17,19)(H,20,21). The van der Waals surface area contributed by atoms with Gasteiger partial charge in [0, 0.05) is 0 Å². The molecule has 0 aromatic heterocycles. The van der Waals surface area contributed by atoms with E-state index >= 15 is 0 Å². The van der Waals surface area contributed by atoms with Gasteiger partial charge in [0.05, 0.1) is 6.10 Å². The van der Waals surface area contributed by atoms with E-state index in [9.17, 15) is 31.5 Å². The number of aliphatic hydroxyl groups excluding tert-OH is 1. The predicted molar refractivity (Wildman–Crippen MR) is 56.8 cm³/mol. The normalized spacial score (nSPS) is 13.7. The van der Waals surface area contributed by atoms with Gasteiger partial charge >= 0.3 is 5.97 Å². The van der Waals surface area contributed by atoms with Gasteiger partial charge in [0.2, 0.25) is 5.82 Å². The van der Waals surface area contributed by atoms with Gasteiger partial charge in [-0.15, -0.1) is 0 Å². The molecule has 0 aliphatic rings. The zero-order chi connectivity index (χ0) is 16.5. The average Bonchev–Trinajstić information content (AvgIpc) is 2.39. The number of halogens is 5. The molecule has 2 atom stereocenters. The molecule has 0 fully saturated rings. The number of aliphatic hydroxyl groups is 1. The second-order valence-electron chi connectivity index (χ2n) is 3.97. The minimum atomic E-state index is -2.45. The minimum Gasteiger partial charge on any atom is -0.480 e. The maximum Gasteiger partial charge on any atom is 0.328 e. The van der Waals surface area contributed by atoms with Gasteiger partial charge in [-0.3, -0.25) is 4.79 Å². The van der Waals surface area contributed by atoms with Gasteiger partial charge in [0.1, 0.15) is 5.56 Å². The molecule has 116 valence electrons. The van der Waals surface area contributed by atoms with Crippen LogP contribution in [-0.2, 0) is 4.79 Å². The van der Waals surface area contributed by atoms with Gasteiger partial charge in [-0.2, -0.15) is 0 Å². The summed E-state index contributed by atoms with van der Waals surface area (Å²) in [4.78, 5) is 22.2. The monoisotopic (exact) mass is 313 g/mol. The van der Waals surface area contributed by atoms with E-state index in [1.807, 2.05) is 0 Å². The highest BCUT2D eigenvalue weighted by Crippen LogP contribution is 2.23. The average molecular weight is 313 g/mol. The molecule has 5 nitrogen and oxygen atoms in total. The Hall–Kier alpha value is -2.23. The topological polar surface area (TPSA) is 86.6 Å².